The van der Waals surface area contributed by atoms with Gasteiger partial charge in [-0.1, -0.05) is 23.7 Å². The van der Waals surface area contributed by atoms with Crippen LogP contribution < -0.4 is 10.2 Å². The summed E-state index contributed by atoms with van der Waals surface area (Å²) >= 11 is 6.28. The molecule has 28 heavy (non-hydrogen) atoms. The summed E-state index contributed by atoms with van der Waals surface area (Å²) < 4.78 is 0. The van der Waals surface area contributed by atoms with Crippen LogP contribution in [0.3, 0.4) is 0 Å². The minimum absolute atomic E-state index is 0.109. The first kappa shape index (κ1) is 17.7. The lowest BCUT2D eigenvalue weighted by Crippen LogP contribution is -2.29. The number of imide groups is 1. The number of hydrogen-bond donors (Lipinski definition) is 2. The number of rotatable bonds is 3. The highest BCUT2D eigenvalue weighted by Crippen LogP contribution is 2.35. The minimum Gasteiger partial charge on any atom is -0.505 e. The molecule has 0 saturated carbocycles. The van der Waals surface area contributed by atoms with Gasteiger partial charge in [-0.25, -0.2) is 9.88 Å². The lowest BCUT2D eigenvalue weighted by atomic mass is 10.1. The topological polar surface area (TPSA) is 99.6 Å². The molecular weight excluding hydrogens is 382 g/mol. The molecule has 0 bridgehead atoms. The van der Waals surface area contributed by atoms with Crippen LogP contribution in [0, 0.1) is 0 Å². The molecule has 0 spiro atoms. The monoisotopic (exact) mass is 393 g/mol. The van der Waals surface area contributed by atoms with Crippen molar-refractivity contribution in [3.63, 3.8) is 0 Å². The maximum Gasteiger partial charge on any atom is 0.278 e. The zero-order valence-corrected chi connectivity index (χ0v) is 15.0. The molecule has 1 aliphatic rings. The zero-order valence-electron chi connectivity index (χ0n) is 14.2. The Bertz CT molecular complexity index is 1110. The van der Waals surface area contributed by atoms with Gasteiger partial charge in [-0.05, 0) is 42.5 Å². The molecule has 0 saturated heterocycles. The van der Waals surface area contributed by atoms with E-state index in [1.165, 1.54) is 36.5 Å². The third kappa shape index (κ3) is 2.87. The first-order valence-corrected chi connectivity index (χ1v) is 8.58. The van der Waals surface area contributed by atoms with Crippen molar-refractivity contribution >= 4 is 40.7 Å². The second-order valence-corrected chi connectivity index (χ2v) is 6.39. The molecule has 1 aromatic heterocycles. The van der Waals surface area contributed by atoms with Crippen LogP contribution in [0.5, 0.6) is 5.75 Å². The number of carbonyl (C=O) groups excluding carboxylic acids is 3. The Hall–Kier alpha value is -3.71. The normalized spacial score (nSPS) is 12.8. The van der Waals surface area contributed by atoms with E-state index in [0.29, 0.717) is 16.8 Å². The number of hydrogen-bond acceptors (Lipinski definition) is 5. The van der Waals surface area contributed by atoms with Gasteiger partial charge >= 0.3 is 0 Å². The standard InChI is InChI=1S/C20H12ClN3O4/c21-14-10-11(23-18(26)17-16(25)6-3-9-22-17)7-8-15(14)24-19(27)12-4-1-2-5-13(12)20(24)28/h1-10,25H,(H,23,26). The van der Waals surface area contributed by atoms with Crippen molar-refractivity contribution in [1.29, 1.82) is 0 Å². The Morgan fingerprint density at radius 1 is 1.00 bits per heavy atom. The van der Waals surface area contributed by atoms with Gasteiger partial charge in [0.05, 0.1) is 21.8 Å². The van der Waals surface area contributed by atoms with Crippen LogP contribution in [-0.4, -0.2) is 27.8 Å². The maximum absolute atomic E-state index is 12.6. The van der Waals surface area contributed by atoms with Crippen molar-refractivity contribution < 1.29 is 19.5 Å². The highest BCUT2D eigenvalue weighted by Gasteiger charge is 2.37. The van der Waals surface area contributed by atoms with Crippen molar-refractivity contribution in [2.75, 3.05) is 10.2 Å². The molecule has 0 aliphatic carbocycles. The summed E-state index contributed by atoms with van der Waals surface area (Å²) in [4.78, 5) is 42.2. The van der Waals surface area contributed by atoms with Gasteiger partial charge in [-0.3, -0.25) is 14.4 Å². The van der Waals surface area contributed by atoms with E-state index >= 15 is 0 Å². The molecule has 2 aromatic carbocycles. The van der Waals surface area contributed by atoms with Crippen molar-refractivity contribution in [3.05, 3.63) is 82.6 Å². The molecule has 2 heterocycles. The Balaban J connectivity index is 1.61. The molecule has 3 amide bonds. The van der Waals surface area contributed by atoms with Crippen molar-refractivity contribution in [3.8, 4) is 5.75 Å². The van der Waals surface area contributed by atoms with E-state index < -0.39 is 17.7 Å². The number of halogens is 1. The third-order valence-corrected chi connectivity index (χ3v) is 4.54. The van der Waals surface area contributed by atoms with E-state index in [0.717, 1.165) is 4.90 Å². The summed E-state index contributed by atoms with van der Waals surface area (Å²) in [5.41, 5.74) is 1.02. The molecule has 8 heteroatoms. The number of nitrogens with zero attached hydrogens (tertiary/aromatic N) is 2. The van der Waals surface area contributed by atoms with Crippen LogP contribution >= 0.6 is 11.6 Å². The van der Waals surface area contributed by atoms with E-state index in [2.05, 4.69) is 10.3 Å². The fraction of sp³-hybridized carbons (Fsp3) is 0. The molecule has 7 nitrogen and oxygen atoms in total. The Labute approximate surface area is 164 Å². The van der Waals surface area contributed by atoms with E-state index in [-0.39, 0.29) is 22.2 Å². The van der Waals surface area contributed by atoms with Gasteiger partial charge in [0.25, 0.3) is 17.7 Å². The van der Waals surface area contributed by atoms with Crippen molar-refractivity contribution in [2.24, 2.45) is 0 Å². The van der Waals surface area contributed by atoms with Gasteiger partial charge in [0.1, 0.15) is 5.75 Å². The minimum atomic E-state index is -0.623. The van der Waals surface area contributed by atoms with Crippen LogP contribution in [0.1, 0.15) is 31.2 Å². The largest absolute Gasteiger partial charge is 0.505 e. The van der Waals surface area contributed by atoms with Gasteiger partial charge in [0.15, 0.2) is 5.69 Å². The summed E-state index contributed by atoms with van der Waals surface area (Å²) in [5, 5.41) is 12.4. The number of amides is 3. The predicted octanol–water partition coefficient (Wildman–Crippen LogP) is 3.49. The fourth-order valence-corrected chi connectivity index (χ4v) is 3.20. The van der Waals surface area contributed by atoms with Crippen molar-refractivity contribution in [1.82, 2.24) is 4.98 Å². The van der Waals surface area contributed by atoms with Gasteiger partial charge in [0.2, 0.25) is 0 Å². The van der Waals surface area contributed by atoms with E-state index in [4.69, 9.17) is 11.6 Å². The fourth-order valence-electron chi connectivity index (χ4n) is 2.94. The number of nitrogens with one attached hydrogen (secondary N) is 1. The van der Waals surface area contributed by atoms with Gasteiger partial charge in [-0.15, -0.1) is 0 Å². The summed E-state index contributed by atoms with van der Waals surface area (Å²) in [6.07, 6.45) is 1.38. The number of benzene rings is 2. The number of pyridine rings is 1. The maximum atomic E-state index is 12.6. The average molecular weight is 394 g/mol. The summed E-state index contributed by atoms with van der Waals surface area (Å²) in [5.74, 6) is -1.80. The van der Waals surface area contributed by atoms with E-state index in [1.54, 1.807) is 24.3 Å². The van der Waals surface area contributed by atoms with Gasteiger partial charge < -0.3 is 10.4 Å². The molecule has 0 radical (unpaired) electrons. The lowest BCUT2D eigenvalue weighted by Gasteiger charge is -2.16. The number of anilines is 2. The Morgan fingerprint density at radius 2 is 1.68 bits per heavy atom. The Kier molecular flexibility index (Phi) is 4.29. The number of fused-ring (bicyclic) bond motifs is 1. The third-order valence-electron chi connectivity index (χ3n) is 4.24. The first-order chi connectivity index (χ1) is 13.5. The van der Waals surface area contributed by atoms with E-state index in [9.17, 15) is 19.5 Å². The average Bonchev–Trinajstić information content (AvgIpc) is 2.93. The summed E-state index contributed by atoms with van der Waals surface area (Å²) in [6.45, 7) is 0. The predicted molar refractivity (Wildman–Crippen MR) is 103 cm³/mol. The Morgan fingerprint density at radius 3 is 2.29 bits per heavy atom. The molecule has 3 aromatic rings. The van der Waals surface area contributed by atoms with Crippen LogP contribution in [0.25, 0.3) is 0 Å². The van der Waals surface area contributed by atoms with Gasteiger partial charge in [0, 0.05) is 11.9 Å². The number of aromatic hydroxyl groups is 1. The molecule has 0 unspecified atom stereocenters. The number of carbonyl (C=O) groups is 3. The second-order valence-electron chi connectivity index (χ2n) is 5.98. The van der Waals surface area contributed by atoms with Crippen molar-refractivity contribution in [2.45, 2.75) is 0 Å². The van der Waals surface area contributed by atoms with Crippen LogP contribution in [0.2, 0.25) is 5.02 Å². The molecule has 0 fully saturated rings. The van der Waals surface area contributed by atoms with E-state index in [1.807, 2.05) is 0 Å². The summed E-state index contributed by atoms with van der Waals surface area (Å²) in [7, 11) is 0. The molecule has 0 atom stereocenters. The SMILES string of the molecule is O=C(Nc1ccc(N2C(=O)c3ccccc3C2=O)c(Cl)c1)c1ncccc1O. The summed E-state index contributed by atoms with van der Waals surface area (Å²) in [6, 6.07) is 13.8. The lowest BCUT2D eigenvalue weighted by molar-refractivity contribution is 0.0924. The highest BCUT2D eigenvalue weighted by atomic mass is 35.5. The zero-order chi connectivity index (χ0) is 19.8. The quantitative estimate of drug-likeness (QED) is 0.663. The second kappa shape index (κ2) is 6.79. The molecule has 138 valence electrons. The smallest absolute Gasteiger partial charge is 0.278 e. The number of aromatic nitrogens is 1. The molecule has 2 N–H and O–H groups in total. The first-order valence-electron chi connectivity index (χ1n) is 8.20. The highest BCUT2D eigenvalue weighted by molar-refractivity contribution is 6.40. The van der Waals surface area contributed by atoms with Crippen LogP contribution in [-0.2, 0) is 0 Å². The van der Waals surface area contributed by atoms with Crippen LogP contribution in [0.4, 0.5) is 11.4 Å². The molecular formula is C20H12ClN3O4. The van der Waals surface area contributed by atoms with Crippen LogP contribution in [0.15, 0.2) is 60.8 Å². The molecule has 1 aliphatic heterocycles. The van der Waals surface area contributed by atoms with Gasteiger partial charge in [-0.2, -0.15) is 0 Å². The molecule has 4 rings (SSSR count).